The van der Waals surface area contributed by atoms with Crippen LogP contribution in [-0.2, 0) is 4.74 Å². The minimum absolute atomic E-state index is 0.0534. The SMILES string of the molecule is CCCCCOCC(N)c1ccc(OCC)cc1. The van der Waals surface area contributed by atoms with Crippen LogP contribution in [0.2, 0.25) is 0 Å². The van der Waals surface area contributed by atoms with E-state index in [1.54, 1.807) is 0 Å². The highest BCUT2D eigenvalue weighted by Gasteiger charge is 2.06. The molecule has 3 nitrogen and oxygen atoms in total. The molecule has 0 saturated carbocycles. The van der Waals surface area contributed by atoms with Crippen LogP contribution >= 0.6 is 0 Å². The summed E-state index contributed by atoms with van der Waals surface area (Å²) in [5.74, 6) is 0.886. The highest BCUT2D eigenvalue weighted by molar-refractivity contribution is 5.29. The van der Waals surface area contributed by atoms with Gasteiger partial charge in [-0.15, -0.1) is 0 Å². The van der Waals surface area contributed by atoms with Gasteiger partial charge in [0, 0.05) is 6.61 Å². The normalized spacial score (nSPS) is 12.4. The van der Waals surface area contributed by atoms with Gasteiger partial charge in [0.25, 0.3) is 0 Å². The second kappa shape index (κ2) is 8.95. The number of unbranched alkanes of at least 4 members (excludes halogenated alkanes) is 2. The Morgan fingerprint density at radius 3 is 2.44 bits per heavy atom. The Kier molecular flexibility index (Phi) is 7.46. The molecule has 102 valence electrons. The smallest absolute Gasteiger partial charge is 0.119 e. The molecular weight excluding hydrogens is 226 g/mol. The van der Waals surface area contributed by atoms with Gasteiger partial charge in [0.1, 0.15) is 5.75 Å². The zero-order valence-electron chi connectivity index (χ0n) is 11.5. The van der Waals surface area contributed by atoms with Crippen LogP contribution in [0.3, 0.4) is 0 Å². The van der Waals surface area contributed by atoms with Crippen LogP contribution in [0.5, 0.6) is 5.75 Å². The van der Waals surface area contributed by atoms with E-state index in [-0.39, 0.29) is 6.04 Å². The molecule has 18 heavy (non-hydrogen) atoms. The lowest BCUT2D eigenvalue weighted by atomic mass is 10.1. The van der Waals surface area contributed by atoms with Crippen molar-refractivity contribution in [1.29, 1.82) is 0 Å². The van der Waals surface area contributed by atoms with Crippen molar-refractivity contribution in [1.82, 2.24) is 0 Å². The van der Waals surface area contributed by atoms with E-state index in [2.05, 4.69) is 6.92 Å². The van der Waals surface area contributed by atoms with Gasteiger partial charge in [-0.2, -0.15) is 0 Å². The molecule has 0 aliphatic carbocycles. The Morgan fingerprint density at radius 1 is 1.11 bits per heavy atom. The number of benzene rings is 1. The van der Waals surface area contributed by atoms with Crippen molar-refractivity contribution in [3.05, 3.63) is 29.8 Å². The van der Waals surface area contributed by atoms with Gasteiger partial charge in [0.15, 0.2) is 0 Å². The molecule has 0 aliphatic rings. The fourth-order valence-electron chi connectivity index (χ4n) is 1.74. The Labute approximate surface area is 110 Å². The summed E-state index contributed by atoms with van der Waals surface area (Å²) < 4.78 is 11.0. The highest BCUT2D eigenvalue weighted by Crippen LogP contribution is 2.16. The lowest BCUT2D eigenvalue weighted by Gasteiger charge is -2.13. The first-order chi connectivity index (χ1) is 8.77. The van der Waals surface area contributed by atoms with Gasteiger partial charge in [0.05, 0.1) is 19.3 Å². The van der Waals surface area contributed by atoms with Gasteiger partial charge in [-0.25, -0.2) is 0 Å². The maximum atomic E-state index is 6.07. The van der Waals surface area contributed by atoms with Gasteiger partial charge in [-0.05, 0) is 31.0 Å². The van der Waals surface area contributed by atoms with E-state index in [0.717, 1.165) is 24.3 Å². The van der Waals surface area contributed by atoms with E-state index in [1.165, 1.54) is 12.8 Å². The molecule has 0 saturated heterocycles. The molecule has 1 atom stereocenters. The molecule has 1 unspecified atom stereocenters. The van der Waals surface area contributed by atoms with Crippen LogP contribution in [0.15, 0.2) is 24.3 Å². The van der Waals surface area contributed by atoms with Crippen LogP contribution in [0.25, 0.3) is 0 Å². The molecule has 0 aliphatic heterocycles. The van der Waals surface area contributed by atoms with Gasteiger partial charge in [0.2, 0.25) is 0 Å². The van der Waals surface area contributed by atoms with Crippen LogP contribution in [0, 0.1) is 0 Å². The maximum Gasteiger partial charge on any atom is 0.119 e. The monoisotopic (exact) mass is 251 g/mol. The van der Waals surface area contributed by atoms with Crippen molar-refractivity contribution in [2.45, 2.75) is 39.2 Å². The predicted octanol–water partition coefficient (Wildman–Crippen LogP) is 3.29. The third-order valence-corrected chi connectivity index (χ3v) is 2.81. The molecule has 1 aromatic carbocycles. The molecular formula is C15H25NO2. The Hall–Kier alpha value is -1.06. The number of nitrogens with two attached hydrogens (primary N) is 1. The summed E-state index contributed by atoms with van der Waals surface area (Å²) in [5, 5.41) is 0. The highest BCUT2D eigenvalue weighted by atomic mass is 16.5. The summed E-state index contributed by atoms with van der Waals surface area (Å²) in [5.41, 5.74) is 7.16. The van der Waals surface area contributed by atoms with E-state index in [0.29, 0.717) is 13.2 Å². The van der Waals surface area contributed by atoms with Crippen molar-refractivity contribution in [2.24, 2.45) is 5.73 Å². The third-order valence-electron chi connectivity index (χ3n) is 2.81. The Morgan fingerprint density at radius 2 is 1.83 bits per heavy atom. The second-order valence-corrected chi connectivity index (χ2v) is 4.39. The molecule has 1 aromatic rings. The van der Waals surface area contributed by atoms with Crippen molar-refractivity contribution >= 4 is 0 Å². The molecule has 0 amide bonds. The summed E-state index contributed by atoms with van der Waals surface area (Å²) in [6.07, 6.45) is 3.55. The molecule has 1 rings (SSSR count). The van der Waals surface area contributed by atoms with Gasteiger partial charge < -0.3 is 15.2 Å². The van der Waals surface area contributed by atoms with E-state index < -0.39 is 0 Å². The lowest BCUT2D eigenvalue weighted by molar-refractivity contribution is 0.117. The number of hydrogen-bond donors (Lipinski definition) is 1. The zero-order valence-corrected chi connectivity index (χ0v) is 11.5. The maximum absolute atomic E-state index is 6.07. The molecule has 0 spiro atoms. The Balaban J connectivity index is 2.30. The van der Waals surface area contributed by atoms with E-state index in [9.17, 15) is 0 Å². The summed E-state index contributed by atoms with van der Waals surface area (Å²) >= 11 is 0. The first-order valence-corrected chi connectivity index (χ1v) is 6.84. The zero-order chi connectivity index (χ0) is 13.2. The quantitative estimate of drug-likeness (QED) is 0.685. The largest absolute Gasteiger partial charge is 0.494 e. The van der Waals surface area contributed by atoms with Crippen molar-refractivity contribution < 1.29 is 9.47 Å². The van der Waals surface area contributed by atoms with E-state index in [1.807, 2.05) is 31.2 Å². The fraction of sp³-hybridized carbons (Fsp3) is 0.600. The van der Waals surface area contributed by atoms with Gasteiger partial charge >= 0.3 is 0 Å². The molecule has 0 bridgehead atoms. The van der Waals surface area contributed by atoms with Crippen LogP contribution in [0.4, 0.5) is 0 Å². The topological polar surface area (TPSA) is 44.5 Å². The summed E-state index contributed by atoms with van der Waals surface area (Å²) in [6, 6.07) is 7.86. The predicted molar refractivity (Wildman–Crippen MR) is 74.9 cm³/mol. The number of ether oxygens (including phenoxy) is 2. The second-order valence-electron chi connectivity index (χ2n) is 4.39. The summed E-state index contributed by atoms with van der Waals surface area (Å²) in [4.78, 5) is 0. The van der Waals surface area contributed by atoms with E-state index in [4.69, 9.17) is 15.2 Å². The van der Waals surface area contributed by atoms with Gasteiger partial charge in [-0.1, -0.05) is 31.9 Å². The number of hydrogen-bond acceptors (Lipinski definition) is 3. The van der Waals surface area contributed by atoms with Crippen molar-refractivity contribution in [3.63, 3.8) is 0 Å². The van der Waals surface area contributed by atoms with Crippen molar-refractivity contribution in [2.75, 3.05) is 19.8 Å². The van der Waals surface area contributed by atoms with Gasteiger partial charge in [-0.3, -0.25) is 0 Å². The summed E-state index contributed by atoms with van der Waals surface area (Å²) in [7, 11) is 0. The molecule has 3 heteroatoms. The fourth-order valence-corrected chi connectivity index (χ4v) is 1.74. The third kappa shape index (κ3) is 5.52. The average molecular weight is 251 g/mol. The molecule has 2 N–H and O–H groups in total. The van der Waals surface area contributed by atoms with E-state index >= 15 is 0 Å². The average Bonchev–Trinajstić information content (AvgIpc) is 2.39. The van der Waals surface area contributed by atoms with Crippen LogP contribution < -0.4 is 10.5 Å². The van der Waals surface area contributed by atoms with Crippen LogP contribution in [0.1, 0.15) is 44.7 Å². The Bertz CT molecular complexity index is 311. The first kappa shape index (κ1) is 15.0. The molecule has 0 heterocycles. The van der Waals surface area contributed by atoms with Crippen molar-refractivity contribution in [3.8, 4) is 5.75 Å². The van der Waals surface area contributed by atoms with Crippen LogP contribution in [-0.4, -0.2) is 19.8 Å². The lowest BCUT2D eigenvalue weighted by Crippen LogP contribution is -2.17. The summed E-state index contributed by atoms with van der Waals surface area (Å²) in [6.45, 7) is 6.23. The molecule has 0 fully saturated rings. The number of rotatable bonds is 9. The molecule has 0 aromatic heterocycles. The molecule has 0 radical (unpaired) electrons. The minimum atomic E-state index is -0.0534. The first-order valence-electron chi connectivity index (χ1n) is 6.84. The minimum Gasteiger partial charge on any atom is -0.494 e. The standard InChI is InChI=1S/C15H25NO2/c1-3-5-6-11-17-12-15(16)13-7-9-14(10-8-13)18-4-2/h7-10,15H,3-6,11-12,16H2,1-2H3.